The van der Waals surface area contributed by atoms with Crippen LogP contribution in [-0.2, 0) is 0 Å². The molecule has 78 valence electrons. The molecular weight excluding hydrogens is 195 g/mol. The second kappa shape index (κ2) is 3.78. The molecule has 0 bridgehead atoms. The van der Waals surface area contributed by atoms with Crippen molar-refractivity contribution in [1.82, 2.24) is 14.8 Å². The number of aromatic nitrogens is 3. The van der Waals surface area contributed by atoms with E-state index >= 15 is 0 Å². The third kappa shape index (κ3) is 1.73. The molecule has 0 saturated carbocycles. The maximum Gasteiger partial charge on any atom is 0.149 e. The van der Waals surface area contributed by atoms with Crippen LogP contribution in [-0.4, -0.2) is 14.8 Å². The van der Waals surface area contributed by atoms with Gasteiger partial charge < -0.3 is 5.73 Å². The predicted octanol–water partition coefficient (Wildman–Crippen LogP) is 1.43. The van der Waals surface area contributed by atoms with Crippen LogP contribution in [0.1, 0.15) is 18.5 Å². The molecule has 1 aromatic carbocycles. The zero-order valence-electron chi connectivity index (χ0n) is 8.26. The zero-order chi connectivity index (χ0) is 10.8. The van der Waals surface area contributed by atoms with Gasteiger partial charge in [-0.3, -0.25) is 0 Å². The fraction of sp³-hybridized carbons (Fsp3) is 0.200. The number of nitrogens with zero attached hydrogens (tertiary/aromatic N) is 3. The Kier molecular flexibility index (Phi) is 2.47. The lowest BCUT2D eigenvalue weighted by atomic mass is 10.1. The Morgan fingerprint density at radius 2 is 2.27 bits per heavy atom. The van der Waals surface area contributed by atoms with Crippen molar-refractivity contribution in [2.75, 3.05) is 0 Å². The van der Waals surface area contributed by atoms with Crippen LogP contribution in [0.15, 0.2) is 30.9 Å². The van der Waals surface area contributed by atoms with Crippen LogP contribution in [0, 0.1) is 5.82 Å². The summed E-state index contributed by atoms with van der Waals surface area (Å²) in [6.07, 6.45) is 2.81. The van der Waals surface area contributed by atoms with E-state index < -0.39 is 0 Å². The summed E-state index contributed by atoms with van der Waals surface area (Å²) in [6.45, 7) is 1.80. The molecule has 5 heteroatoms. The molecule has 2 N–H and O–H groups in total. The molecule has 0 amide bonds. The number of rotatable bonds is 2. The van der Waals surface area contributed by atoms with Gasteiger partial charge in [0.15, 0.2) is 0 Å². The van der Waals surface area contributed by atoms with Crippen molar-refractivity contribution in [3.63, 3.8) is 0 Å². The monoisotopic (exact) mass is 206 g/mol. The van der Waals surface area contributed by atoms with Gasteiger partial charge in [-0.1, -0.05) is 12.1 Å². The Labute approximate surface area is 86.6 Å². The quantitative estimate of drug-likeness (QED) is 0.808. The number of benzene rings is 1. The van der Waals surface area contributed by atoms with Crippen LogP contribution in [0.5, 0.6) is 0 Å². The van der Waals surface area contributed by atoms with Gasteiger partial charge in [0.05, 0.1) is 0 Å². The lowest BCUT2D eigenvalue weighted by Crippen LogP contribution is -2.11. The van der Waals surface area contributed by atoms with Gasteiger partial charge in [-0.15, -0.1) is 0 Å². The summed E-state index contributed by atoms with van der Waals surface area (Å²) in [4.78, 5) is 3.78. The summed E-state index contributed by atoms with van der Waals surface area (Å²) < 4.78 is 15.0. The average molecular weight is 206 g/mol. The molecule has 0 aliphatic carbocycles. The Morgan fingerprint density at radius 1 is 1.47 bits per heavy atom. The van der Waals surface area contributed by atoms with E-state index in [0.29, 0.717) is 11.3 Å². The molecule has 0 spiro atoms. The zero-order valence-corrected chi connectivity index (χ0v) is 8.26. The number of hydrogen-bond donors (Lipinski definition) is 1. The van der Waals surface area contributed by atoms with Crippen molar-refractivity contribution >= 4 is 0 Å². The molecule has 1 atom stereocenters. The maximum atomic E-state index is 13.6. The van der Waals surface area contributed by atoms with Gasteiger partial charge >= 0.3 is 0 Å². The maximum absolute atomic E-state index is 13.6. The molecule has 0 aliphatic rings. The first-order valence-electron chi connectivity index (χ1n) is 4.59. The Bertz CT molecular complexity index is 450. The molecule has 1 aromatic heterocycles. The van der Waals surface area contributed by atoms with Crippen molar-refractivity contribution in [3.05, 3.63) is 42.2 Å². The van der Waals surface area contributed by atoms with Crippen molar-refractivity contribution < 1.29 is 4.39 Å². The lowest BCUT2D eigenvalue weighted by molar-refractivity contribution is 0.602. The normalized spacial score (nSPS) is 12.7. The van der Waals surface area contributed by atoms with Crippen LogP contribution in [0.25, 0.3) is 5.69 Å². The average Bonchev–Trinajstić information content (AvgIpc) is 2.70. The highest BCUT2D eigenvalue weighted by molar-refractivity contribution is 5.42. The van der Waals surface area contributed by atoms with Gasteiger partial charge in [-0.05, 0) is 18.6 Å². The van der Waals surface area contributed by atoms with E-state index in [1.807, 2.05) is 0 Å². The molecule has 2 rings (SSSR count). The van der Waals surface area contributed by atoms with Crippen molar-refractivity contribution in [2.45, 2.75) is 13.0 Å². The first-order valence-corrected chi connectivity index (χ1v) is 4.59. The highest BCUT2D eigenvalue weighted by atomic mass is 19.1. The fourth-order valence-corrected chi connectivity index (χ4v) is 1.46. The minimum absolute atomic E-state index is 0.250. The number of para-hydroxylation sites is 1. The fourth-order valence-electron chi connectivity index (χ4n) is 1.46. The van der Waals surface area contributed by atoms with E-state index in [9.17, 15) is 4.39 Å². The van der Waals surface area contributed by atoms with Crippen molar-refractivity contribution in [2.24, 2.45) is 5.73 Å². The molecular formula is C10H11FN4. The lowest BCUT2D eigenvalue weighted by Gasteiger charge is -2.12. The topological polar surface area (TPSA) is 56.7 Å². The minimum Gasteiger partial charge on any atom is -0.324 e. The Balaban J connectivity index is 2.63. The predicted molar refractivity (Wildman–Crippen MR) is 53.9 cm³/mol. The Hall–Kier alpha value is -1.75. The SMILES string of the molecule is C[C@@H](N)c1cccc(F)c1-n1cncn1. The smallest absolute Gasteiger partial charge is 0.149 e. The standard InChI is InChI=1S/C10H11FN4/c1-7(12)8-3-2-4-9(11)10(8)15-6-13-5-14-15/h2-7H,12H2,1H3/t7-/m1/s1. The first kappa shape index (κ1) is 9.79. The van der Waals surface area contributed by atoms with Gasteiger partial charge in [0.2, 0.25) is 0 Å². The molecule has 2 aromatic rings. The summed E-state index contributed by atoms with van der Waals surface area (Å²) in [7, 11) is 0. The first-order chi connectivity index (χ1) is 7.20. The molecule has 0 unspecified atom stereocenters. The van der Waals surface area contributed by atoms with E-state index in [1.165, 1.54) is 23.4 Å². The van der Waals surface area contributed by atoms with Crippen LogP contribution in [0.4, 0.5) is 4.39 Å². The van der Waals surface area contributed by atoms with Crippen molar-refractivity contribution in [3.8, 4) is 5.69 Å². The van der Waals surface area contributed by atoms with Gasteiger partial charge in [0.1, 0.15) is 24.2 Å². The highest BCUT2D eigenvalue weighted by Gasteiger charge is 2.13. The molecule has 0 aliphatic heterocycles. The van der Waals surface area contributed by atoms with Crippen LogP contribution in [0.3, 0.4) is 0 Å². The molecule has 15 heavy (non-hydrogen) atoms. The van der Waals surface area contributed by atoms with E-state index in [4.69, 9.17) is 5.73 Å². The second-order valence-corrected chi connectivity index (χ2v) is 3.31. The minimum atomic E-state index is -0.352. The molecule has 0 saturated heterocycles. The van der Waals surface area contributed by atoms with E-state index in [0.717, 1.165) is 0 Å². The summed E-state index contributed by atoms with van der Waals surface area (Å²) in [6, 6.07) is 4.54. The van der Waals surface area contributed by atoms with E-state index in [-0.39, 0.29) is 11.9 Å². The van der Waals surface area contributed by atoms with Gasteiger partial charge in [-0.25, -0.2) is 14.1 Å². The second-order valence-electron chi connectivity index (χ2n) is 3.31. The summed E-state index contributed by atoms with van der Waals surface area (Å²) in [5.41, 5.74) is 6.84. The summed E-state index contributed by atoms with van der Waals surface area (Å²) >= 11 is 0. The van der Waals surface area contributed by atoms with Crippen molar-refractivity contribution in [1.29, 1.82) is 0 Å². The number of hydrogen-bond acceptors (Lipinski definition) is 3. The van der Waals surface area contributed by atoms with Crippen LogP contribution in [0.2, 0.25) is 0 Å². The largest absolute Gasteiger partial charge is 0.324 e. The highest BCUT2D eigenvalue weighted by Crippen LogP contribution is 2.21. The third-order valence-corrected chi connectivity index (χ3v) is 2.16. The molecule has 0 radical (unpaired) electrons. The van der Waals surface area contributed by atoms with Gasteiger partial charge in [0.25, 0.3) is 0 Å². The van der Waals surface area contributed by atoms with E-state index in [2.05, 4.69) is 10.1 Å². The summed E-state index contributed by atoms with van der Waals surface area (Å²) in [5, 5.41) is 3.90. The van der Waals surface area contributed by atoms with E-state index in [1.54, 1.807) is 19.1 Å². The Morgan fingerprint density at radius 3 is 2.87 bits per heavy atom. The number of halogens is 1. The van der Waals surface area contributed by atoms with Gasteiger partial charge in [0, 0.05) is 6.04 Å². The molecule has 1 heterocycles. The van der Waals surface area contributed by atoms with Crippen LogP contribution >= 0.6 is 0 Å². The number of nitrogens with two attached hydrogens (primary N) is 1. The van der Waals surface area contributed by atoms with Crippen LogP contribution < -0.4 is 5.73 Å². The van der Waals surface area contributed by atoms with Gasteiger partial charge in [-0.2, -0.15) is 5.10 Å². The molecule has 0 fully saturated rings. The third-order valence-electron chi connectivity index (χ3n) is 2.16. The molecule has 4 nitrogen and oxygen atoms in total. The summed E-state index contributed by atoms with van der Waals surface area (Å²) in [5.74, 6) is -0.352.